The molecule has 3 heterocycles. The third kappa shape index (κ3) is 3.17. The molecular weight excluding hydrogens is 294 g/mol. The molecule has 0 unspecified atom stereocenters. The summed E-state index contributed by atoms with van der Waals surface area (Å²) in [7, 11) is 1.84. The van der Waals surface area contributed by atoms with E-state index < -0.39 is 0 Å². The summed E-state index contributed by atoms with van der Waals surface area (Å²) < 4.78 is 12.7. The van der Waals surface area contributed by atoms with E-state index in [1.54, 1.807) is 10.9 Å². The first kappa shape index (κ1) is 15.8. The molecule has 1 saturated heterocycles. The molecule has 1 amide bonds. The zero-order valence-corrected chi connectivity index (χ0v) is 14.0. The van der Waals surface area contributed by atoms with Crippen LogP contribution < -0.4 is 5.32 Å². The van der Waals surface area contributed by atoms with Gasteiger partial charge in [-0.3, -0.25) is 9.48 Å². The van der Waals surface area contributed by atoms with Gasteiger partial charge in [0.15, 0.2) is 0 Å². The highest BCUT2D eigenvalue weighted by Gasteiger charge is 2.27. The number of rotatable bonds is 4. The number of nitrogens with one attached hydrogen (secondary N) is 1. The maximum absolute atomic E-state index is 12.7. The van der Waals surface area contributed by atoms with Gasteiger partial charge in [-0.05, 0) is 33.3 Å². The van der Waals surface area contributed by atoms with Gasteiger partial charge in [0.25, 0.3) is 5.91 Å². The van der Waals surface area contributed by atoms with Crippen LogP contribution in [-0.4, -0.2) is 28.9 Å². The van der Waals surface area contributed by atoms with Gasteiger partial charge >= 0.3 is 0 Å². The molecule has 1 fully saturated rings. The van der Waals surface area contributed by atoms with Crippen LogP contribution in [0, 0.1) is 13.8 Å². The second-order valence-electron chi connectivity index (χ2n) is 6.23. The lowest BCUT2D eigenvalue weighted by Crippen LogP contribution is -2.27. The van der Waals surface area contributed by atoms with Crippen molar-refractivity contribution in [1.82, 2.24) is 15.1 Å². The molecule has 2 aromatic heterocycles. The van der Waals surface area contributed by atoms with Crippen molar-refractivity contribution in [2.24, 2.45) is 7.05 Å². The van der Waals surface area contributed by atoms with Gasteiger partial charge in [0.2, 0.25) is 0 Å². The van der Waals surface area contributed by atoms with E-state index in [2.05, 4.69) is 10.4 Å². The van der Waals surface area contributed by atoms with Crippen LogP contribution in [0.15, 0.2) is 16.7 Å². The molecular formula is C17H23N3O3. The molecule has 0 radical (unpaired) electrons. The molecule has 1 aliphatic heterocycles. The van der Waals surface area contributed by atoms with Gasteiger partial charge in [-0.1, -0.05) is 0 Å². The van der Waals surface area contributed by atoms with Crippen LogP contribution in [0.3, 0.4) is 0 Å². The van der Waals surface area contributed by atoms with E-state index in [1.807, 2.05) is 33.9 Å². The summed E-state index contributed by atoms with van der Waals surface area (Å²) in [5, 5.41) is 7.52. The van der Waals surface area contributed by atoms with Crippen molar-refractivity contribution in [2.75, 3.05) is 13.2 Å². The van der Waals surface area contributed by atoms with E-state index in [0.717, 1.165) is 35.8 Å². The molecule has 23 heavy (non-hydrogen) atoms. The summed E-state index contributed by atoms with van der Waals surface area (Å²) in [5.41, 5.74) is 2.47. The molecule has 6 heteroatoms. The number of furan rings is 1. The molecule has 1 N–H and O–H groups in total. The smallest absolute Gasteiger partial charge is 0.255 e. The van der Waals surface area contributed by atoms with Gasteiger partial charge in [-0.15, -0.1) is 0 Å². The minimum absolute atomic E-state index is 0.106. The largest absolute Gasteiger partial charge is 0.466 e. The first-order valence-corrected chi connectivity index (χ1v) is 7.94. The average Bonchev–Trinajstić information content (AvgIpc) is 3.18. The van der Waals surface area contributed by atoms with Crippen LogP contribution in [0.2, 0.25) is 0 Å². The predicted molar refractivity (Wildman–Crippen MR) is 85.4 cm³/mol. The fourth-order valence-corrected chi connectivity index (χ4v) is 3.16. The van der Waals surface area contributed by atoms with Gasteiger partial charge in [0.1, 0.15) is 11.5 Å². The molecule has 0 bridgehead atoms. The Morgan fingerprint density at radius 2 is 2.26 bits per heavy atom. The lowest BCUT2D eigenvalue weighted by molar-refractivity contribution is 0.0938. The van der Waals surface area contributed by atoms with E-state index in [1.165, 1.54) is 0 Å². The van der Waals surface area contributed by atoms with Crippen LogP contribution in [0.5, 0.6) is 0 Å². The van der Waals surface area contributed by atoms with Gasteiger partial charge < -0.3 is 14.5 Å². The van der Waals surface area contributed by atoms with Crippen LogP contribution >= 0.6 is 0 Å². The summed E-state index contributed by atoms with van der Waals surface area (Å²) in [6, 6.07) is 1.85. The Bertz CT molecular complexity index is 711. The Labute approximate surface area is 135 Å². The summed E-state index contributed by atoms with van der Waals surface area (Å²) in [4.78, 5) is 12.7. The normalized spacial score (nSPS) is 19.0. The van der Waals surface area contributed by atoms with Crippen LogP contribution in [0.25, 0.3) is 0 Å². The number of nitrogens with zero attached hydrogens (tertiary/aromatic N) is 2. The van der Waals surface area contributed by atoms with Crippen molar-refractivity contribution in [2.45, 2.75) is 39.2 Å². The highest BCUT2D eigenvalue weighted by atomic mass is 16.5. The summed E-state index contributed by atoms with van der Waals surface area (Å²) in [6.07, 6.45) is 2.69. The molecule has 2 atom stereocenters. The first-order chi connectivity index (χ1) is 11.0. The lowest BCUT2D eigenvalue weighted by atomic mass is 10.0. The van der Waals surface area contributed by atoms with E-state index in [0.29, 0.717) is 12.2 Å². The quantitative estimate of drug-likeness (QED) is 0.941. The topological polar surface area (TPSA) is 69.3 Å². The van der Waals surface area contributed by atoms with Crippen molar-refractivity contribution in [3.05, 3.63) is 40.6 Å². The number of amides is 1. The minimum Gasteiger partial charge on any atom is -0.466 e. The Morgan fingerprint density at radius 3 is 2.87 bits per heavy atom. The van der Waals surface area contributed by atoms with Gasteiger partial charge in [0, 0.05) is 31.3 Å². The summed E-state index contributed by atoms with van der Waals surface area (Å²) in [5.74, 6) is 1.78. The predicted octanol–water partition coefficient (Wildman–Crippen LogP) is 2.62. The fraction of sp³-hybridized carbons (Fsp3) is 0.529. The number of aryl methyl sites for hydroxylation is 3. The van der Waals surface area contributed by atoms with Gasteiger partial charge in [-0.2, -0.15) is 5.10 Å². The summed E-state index contributed by atoms with van der Waals surface area (Å²) >= 11 is 0. The number of aromatic nitrogens is 2. The first-order valence-electron chi connectivity index (χ1n) is 7.94. The zero-order valence-electron chi connectivity index (χ0n) is 14.0. The molecule has 0 spiro atoms. The minimum atomic E-state index is -0.118. The van der Waals surface area contributed by atoms with Crippen LogP contribution in [0.1, 0.15) is 58.4 Å². The Morgan fingerprint density at radius 1 is 1.48 bits per heavy atom. The maximum Gasteiger partial charge on any atom is 0.255 e. The molecule has 0 aliphatic carbocycles. The Hall–Kier alpha value is -2.08. The molecule has 2 aromatic rings. The third-order valence-corrected chi connectivity index (χ3v) is 4.31. The second kappa shape index (κ2) is 6.20. The van der Waals surface area contributed by atoms with E-state index in [9.17, 15) is 4.79 Å². The number of hydrogen-bond acceptors (Lipinski definition) is 4. The van der Waals surface area contributed by atoms with Crippen molar-refractivity contribution in [3.63, 3.8) is 0 Å². The monoisotopic (exact) mass is 317 g/mol. The number of carbonyl (C=O) groups is 1. The fourth-order valence-electron chi connectivity index (χ4n) is 3.16. The molecule has 1 aliphatic rings. The highest BCUT2D eigenvalue weighted by molar-refractivity contribution is 5.95. The van der Waals surface area contributed by atoms with Crippen LogP contribution in [-0.2, 0) is 11.8 Å². The second-order valence-corrected chi connectivity index (χ2v) is 6.23. The summed E-state index contributed by atoms with van der Waals surface area (Å²) in [6.45, 7) is 7.14. The number of hydrogen-bond donors (Lipinski definition) is 1. The van der Waals surface area contributed by atoms with E-state index >= 15 is 0 Å². The Kier molecular flexibility index (Phi) is 4.26. The standard InChI is InChI=1S/C17H23N3O3/c1-10-7-14(12(3)23-10)11(2)18-17(21)15-8-20(4)19-16(15)13-5-6-22-9-13/h7-8,11,13H,5-6,9H2,1-4H3,(H,18,21)/t11-,13-/m1/s1. The zero-order chi connectivity index (χ0) is 16.6. The molecule has 0 saturated carbocycles. The lowest BCUT2D eigenvalue weighted by Gasteiger charge is -2.14. The maximum atomic E-state index is 12.7. The van der Waals surface area contributed by atoms with Crippen LogP contribution in [0.4, 0.5) is 0 Å². The van der Waals surface area contributed by atoms with E-state index in [-0.39, 0.29) is 17.9 Å². The van der Waals surface area contributed by atoms with E-state index in [4.69, 9.17) is 9.15 Å². The number of ether oxygens (including phenoxy) is 1. The molecule has 6 nitrogen and oxygen atoms in total. The molecule has 3 rings (SSSR count). The van der Waals surface area contributed by atoms with Crippen molar-refractivity contribution in [3.8, 4) is 0 Å². The Balaban J connectivity index is 1.79. The SMILES string of the molecule is Cc1cc([C@@H](C)NC(=O)c2cn(C)nc2[C@@H]2CCOC2)c(C)o1. The van der Waals surface area contributed by atoms with Crippen molar-refractivity contribution < 1.29 is 13.9 Å². The van der Waals surface area contributed by atoms with Crippen molar-refractivity contribution >= 4 is 5.91 Å². The molecule has 124 valence electrons. The van der Waals surface area contributed by atoms with Crippen molar-refractivity contribution in [1.29, 1.82) is 0 Å². The molecule has 0 aromatic carbocycles. The van der Waals surface area contributed by atoms with Gasteiger partial charge in [0.05, 0.1) is 23.9 Å². The van der Waals surface area contributed by atoms with Gasteiger partial charge in [-0.25, -0.2) is 0 Å². The number of carbonyl (C=O) groups excluding carboxylic acids is 1. The highest BCUT2D eigenvalue weighted by Crippen LogP contribution is 2.27. The third-order valence-electron chi connectivity index (χ3n) is 4.31. The average molecular weight is 317 g/mol.